The molecule has 6 atom stereocenters. The lowest BCUT2D eigenvalue weighted by Gasteiger charge is -2.44. The van der Waals surface area contributed by atoms with Crippen molar-refractivity contribution < 1.29 is 4.80 Å². The first-order valence-electron chi connectivity index (χ1n) is 15.1. The molecule has 2 heteroatoms. The summed E-state index contributed by atoms with van der Waals surface area (Å²) in [6, 6.07) is 0. The average molecular weight is 511 g/mol. The van der Waals surface area contributed by atoms with Crippen molar-refractivity contribution in [1.29, 1.82) is 0 Å². The van der Waals surface area contributed by atoms with Crippen molar-refractivity contribution in [2.45, 2.75) is 124 Å². The largest absolute Gasteiger partial charge is 0.432 e. The van der Waals surface area contributed by atoms with Gasteiger partial charge >= 0.3 is 0 Å². The summed E-state index contributed by atoms with van der Waals surface area (Å²) in [5, 5.41) is 0.0576. The van der Waals surface area contributed by atoms with Crippen molar-refractivity contribution >= 4 is 8.32 Å². The van der Waals surface area contributed by atoms with Crippen LogP contribution in [0.4, 0.5) is 0 Å². The Labute approximate surface area is 225 Å². The summed E-state index contributed by atoms with van der Waals surface area (Å²) in [7, 11) is -2.17. The van der Waals surface area contributed by atoms with E-state index in [0.717, 1.165) is 37.0 Å². The third-order valence-electron chi connectivity index (χ3n) is 11.2. The van der Waals surface area contributed by atoms with Crippen LogP contribution in [0, 0.1) is 40.9 Å². The first-order valence-corrected chi connectivity index (χ1v) is 18.1. The van der Waals surface area contributed by atoms with Gasteiger partial charge in [0.2, 0.25) is 0 Å². The van der Waals surface area contributed by atoms with E-state index >= 15 is 0 Å². The third-order valence-corrected chi connectivity index (χ3v) is 14.7. The van der Waals surface area contributed by atoms with Gasteiger partial charge < -0.3 is 4.80 Å². The summed E-state index contributed by atoms with van der Waals surface area (Å²) < 4.78 is 0. The lowest BCUT2D eigenvalue weighted by molar-refractivity contribution is 0.112. The van der Waals surface area contributed by atoms with Gasteiger partial charge in [0.15, 0.2) is 8.32 Å². The monoisotopic (exact) mass is 510 g/mol. The predicted octanol–water partition coefficient (Wildman–Crippen LogP) is 10.3. The Bertz CT molecular complexity index is 866. The standard InChI is InChI=1S/C34H58OSi/c1-24(2)25(3)13-14-27(5)31-19-20-32-29(12-11-21-34(31,32)8)17-18-30-22-28(16-15-26(30)4)23-33(6,7)36(9,10)35/h13-14,17-18,24-25,27-28,31-32,35H,4,11-12,15-16,19-23H2,1-3,5-10H3/b14-13+,29-17+,30-18+/t25-,27+,28-,31?,32?,34+/m0/s1. The van der Waals surface area contributed by atoms with Crippen LogP contribution in [0.25, 0.3) is 0 Å². The summed E-state index contributed by atoms with van der Waals surface area (Å²) in [5.41, 5.74) is 4.99. The number of rotatable bonds is 8. The topological polar surface area (TPSA) is 20.2 Å². The SMILES string of the molecule is C=C1CC[C@H](CC(C)(C)[Si](C)(C)O)C/C1=C\C=C1/CCC[C@@]2(C)C1CCC2[C@H](C)/C=C/[C@H](C)C(C)C. The maximum atomic E-state index is 10.8. The van der Waals surface area contributed by atoms with E-state index in [1.54, 1.807) is 5.57 Å². The zero-order valence-corrected chi connectivity index (χ0v) is 26.3. The Balaban J connectivity index is 1.73. The van der Waals surface area contributed by atoms with E-state index < -0.39 is 8.32 Å². The predicted molar refractivity (Wildman–Crippen MR) is 161 cm³/mol. The normalized spacial score (nSPS) is 34.1. The molecule has 3 aliphatic rings. The highest BCUT2D eigenvalue weighted by atomic mass is 28.4. The summed E-state index contributed by atoms with van der Waals surface area (Å²) in [5.74, 6) is 4.27. The number of allylic oxidation sites excluding steroid dienone is 7. The lowest BCUT2D eigenvalue weighted by atomic mass is 9.61. The molecule has 204 valence electrons. The second-order valence-corrected chi connectivity index (χ2v) is 19.2. The second kappa shape index (κ2) is 11.5. The minimum absolute atomic E-state index is 0.0576. The van der Waals surface area contributed by atoms with Gasteiger partial charge in [0.1, 0.15) is 0 Å². The summed E-state index contributed by atoms with van der Waals surface area (Å²) >= 11 is 0. The van der Waals surface area contributed by atoms with E-state index in [0.29, 0.717) is 23.2 Å². The Kier molecular flexibility index (Phi) is 9.47. The van der Waals surface area contributed by atoms with Crippen molar-refractivity contribution in [3.05, 3.63) is 47.6 Å². The molecule has 3 rings (SSSR count). The van der Waals surface area contributed by atoms with Crippen LogP contribution in [0.5, 0.6) is 0 Å². The Hall–Kier alpha value is -0.863. The van der Waals surface area contributed by atoms with Crippen LogP contribution in [0.2, 0.25) is 18.1 Å². The van der Waals surface area contributed by atoms with Crippen molar-refractivity contribution in [2.75, 3.05) is 0 Å². The summed E-state index contributed by atoms with van der Waals surface area (Å²) in [4.78, 5) is 10.8. The van der Waals surface area contributed by atoms with Gasteiger partial charge in [-0.1, -0.05) is 90.5 Å². The number of hydrogen-bond donors (Lipinski definition) is 1. The highest BCUT2D eigenvalue weighted by molar-refractivity contribution is 6.72. The molecule has 0 aromatic carbocycles. The van der Waals surface area contributed by atoms with E-state index in [-0.39, 0.29) is 5.04 Å². The Morgan fingerprint density at radius 3 is 2.39 bits per heavy atom. The first kappa shape index (κ1) is 29.7. The number of fused-ring (bicyclic) bond motifs is 1. The molecule has 0 bridgehead atoms. The van der Waals surface area contributed by atoms with Crippen LogP contribution in [0.3, 0.4) is 0 Å². The molecule has 3 saturated carbocycles. The van der Waals surface area contributed by atoms with Gasteiger partial charge in [-0.05, 0) is 122 Å². The van der Waals surface area contributed by atoms with E-state index in [2.05, 4.69) is 92.4 Å². The van der Waals surface area contributed by atoms with Gasteiger partial charge in [-0.3, -0.25) is 0 Å². The van der Waals surface area contributed by atoms with Crippen molar-refractivity contribution in [3.8, 4) is 0 Å². The van der Waals surface area contributed by atoms with Gasteiger partial charge in [0, 0.05) is 0 Å². The zero-order chi connectivity index (χ0) is 26.9. The second-order valence-electron chi connectivity index (χ2n) is 14.7. The fourth-order valence-corrected chi connectivity index (χ4v) is 8.27. The Morgan fingerprint density at radius 1 is 1.06 bits per heavy atom. The maximum absolute atomic E-state index is 10.8. The minimum atomic E-state index is -2.17. The van der Waals surface area contributed by atoms with Gasteiger partial charge in [-0.25, -0.2) is 0 Å². The van der Waals surface area contributed by atoms with Crippen molar-refractivity contribution in [1.82, 2.24) is 0 Å². The molecule has 0 saturated heterocycles. The lowest BCUT2D eigenvalue weighted by Crippen LogP contribution is -2.40. The molecule has 3 aliphatic carbocycles. The molecule has 2 unspecified atom stereocenters. The van der Waals surface area contributed by atoms with Crippen LogP contribution in [-0.2, 0) is 0 Å². The first-order chi connectivity index (χ1) is 16.7. The quantitative estimate of drug-likeness (QED) is 0.254. The van der Waals surface area contributed by atoms with Gasteiger partial charge in [-0.2, -0.15) is 0 Å². The smallest absolute Gasteiger partial charge is 0.188 e. The fraction of sp³-hybridized carbons (Fsp3) is 0.765. The maximum Gasteiger partial charge on any atom is 0.188 e. The van der Waals surface area contributed by atoms with Gasteiger partial charge in [0.25, 0.3) is 0 Å². The van der Waals surface area contributed by atoms with Gasteiger partial charge in [-0.15, -0.1) is 0 Å². The van der Waals surface area contributed by atoms with Crippen molar-refractivity contribution in [3.63, 3.8) is 0 Å². The molecule has 0 radical (unpaired) electrons. The van der Waals surface area contributed by atoms with E-state index in [4.69, 9.17) is 0 Å². The van der Waals surface area contributed by atoms with Crippen LogP contribution in [0.15, 0.2) is 47.6 Å². The molecule has 1 N–H and O–H groups in total. The highest BCUT2D eigenvalue weighted by Gasteiger charge is 2.50. The molecule has 0 spiro atoms. The zero-order valence-electron chi connectivity index (χ0n) is 25.3. The third kappa shape index (κ3) is 6.58. The molecular formula is C34H58OSi. The highest BCUT2D eigenvalue weighted by Crippen LogP contribution is 2.59. The molecule has 0 aliphatic heterocycles. The fourth-order valence-electron chi connectivity index (χ4n) is 7.49. The van der Waals surface area contributed by atoms with E-state index in [9.17, 15) is 4.80 Å². The molecule has 0 aromatic rings. The summed E-state index contributed by atoms with van der Waals surface area (Å²) in [6.07, 6.45) is 21.4. The molecule has 3 fully saturated rings. The average Bonchev–Trinajstić information content (AvgIpc) is 3.14. The van der Waals surface area contributed by atoms with Crippen LogP contribution < -0.4 is 0 Å². The number of hydrogen-bond acceptors (Lipinski definition) is 1. The van der Waals surface area contributed by atoms with E-state index in [1.807, 2.05) is 0 Å². The van der Waals surface area contributed by atoms with Gasteiger partial charge in [0.05, 0.1) is 0 Å². The molecule has 0 heterocycles. The molecular weight excluding hydrogens is 452 g/mol. The Morgan fingerprint density at radius 2 is 1.75 bits per heavy atom. The molecule has 1 nitrogen and oxygen atoms in total. The van der Waals surface area contributed by atoms with Crippen molar-refractivity contribution in [2.24, 2.45) is 40.9 Å². The molecule has 0 amide bonds. The van der Waals surface area contributed by atoms with Crippen LogP contribution in [-0.4, -0.2) is 13.1 Å². The molecule has 0 aromatic heterocycles. The molecule has 36 heavy (non-hydrogen) atoms. The van der Waals surface area contributed by atoms with Crippen LogP contribution in [0.1, 0.15) is 106 Å². The van der Waals surface area contributed by atoms with Crippen LogP contribution >= 0.6 is 0 Å². The summed E-state index contributed by atoms with van der Waals surface area (Å²) in [6.45, 7) is 25.3. The minimum Gasteiger partial charge on any atom is -0.432 e. The van der Waals surface area contributed by atoms with E-state index in [1.165, 1.54) is 49.7 Å².